The lowest BCUT2D eigenvalue weighted by Crippen LogP contribution is -2.12. The van der Waals surface area contributed by atoms with E-state index in [9.17, 15) is 4.79 Å². The van der Waals surface area contributed by atoms with E-state index in [4.69, 9.17) is 16.7 Å². The Morgan fingerprint density at radius 2 is 2.27 bits per heavy atom. The Bertz CT molecular complexity index is 352. The van der Waals surface area contributed by atoms with Crippen molar-refractivity contribution in [3.63, 3.8) is 0 Å². The monoisotopic (exact) mass is 227 g/mol. The van der Waals surface area contributed by atoms with E-state index in [2.05, 4.69) is 5.32 Å². The molecule has 0 unspecified atom stereocenters. The molecule has 0 heterocycles. The standard InChI is InChI=1S/C11H14ClNO2/c1-8-9(12)4-2-5-10(8)13-11(15)6-3-7-14/h2,4-5,14H,3,6-7H2,1H3,(H,13,15). The molecule has 0 aromatic heterocycles. The predicted molar refractivity (Wildman–Crippen MR) is 61.1 cm³/mol. The SMILES string of the molecule is Cc1c(Cl)cccc1NC(=O)CCCO. The number of rotatable bonds is 4. The maximum absolute atomic E-state index is 11.4. The molecule has 0 radical (unpaired) electrons. The number of aliphatic hydroxyl groups excluding tert-OH is 1. The van der Waals surface area contributed by atoms with E-state index in [0.717, 1.165) is 11.3 Å². The molecule has 0 aliphatic rings. The molecule has 1 aromatic carbocycles. The zero-order valence-electron chi connectivity index (χ0n) is 8.59. The highest BCUT2D eigenvalue weighted by Gasteiger charge is 2.05. The first-order chi connectivity index (χ1) is 7.15. The summed E-state index contributed by atoms with van der Waals surface area (Å²) < 4.78 is 0. The molecule has 1 aromatic rings. The summed E-state index contributed by atoms with van der Waals surface area (Å²) in [5.74, 6) is -0.102. The first kappa shape index (κ1) is 12.0. The van der Waals surface area contributed by atoms with Crippen molar-refractivity contribution in [2.45, 2.75) is 19.8 Å². The van der Waals surface area contributed by atoms with Crippen molar-refractivity contribution in [1.82, 2.24) is 0 Å². The quantitative estimate of drug-likeness (QED) is 0.830. The third-order valence-corrected chi connectivity index (χ3v) is 2.51. The fourth-order valence-corrected chi connectivity index (χ4v) is 1.37. The summed E-state index contributed by atoms with van der Waals surface area (Å²) in [6, 6.07) is 5.37. The van der Waals surface area contributed by atoms with Crippen molar-refractivity contribution in [3.05, 3.63) is 28.8 Å². The van der Waals surface area contributed by atoms with Gasteiger partial charge in [0.15, 0.2) is 0 Å². The number of halogens is 1. The topological polar surface area (TPSA) is 49.3 Å². The third-order valence-electron chi connectivity index (χ3n) is 2.10. The summed E-state index contributed by atoms with van der Waals surface area (Å²) in [6.07, 6.45) is 0.800. The average molecular weight is 228 g/mol. The van der Waals surface area contributed by atoms with Crippen molar-refractivity contribution in [3.8, 4) is 0 Å². The van der Waals surface area contributed by atoms with Crippen LogP contribution in [0.4, 0.5) is 5.69 Å². The van der Waals surface area contributed by atoms with Crippen LogP contribution in [0, 0.1) is 6.92 Å². The third kappa shape index (κ3) is 3.53. The second kappa shape index (κ2) is 5.73. The molecule has 0 fully saturated rings. The number of aliphatic hydroxyl groups is 1. The molecule has 0 saturated heterocycles. The molecule has 1 rings (SSSR count). The maximum atomic E-state index is 11.4. The molecule has 0 aliphatic heterocycles. The summed E-state index contributed by atoms with van der Waals surface area (Å²) in [6.45, 7) is 1.88. The summed E-state index contributed by atoms with van der Waals surface area (Å²) in [4.78, 5) is 11.4. The Morgan fingerprint density at radius 3 is 2.93 bits per heavy atom. The van der Waals surface area contributed by atoms with Gasteiger partial charge in [0.1, 0.15) is 0 Å². The summed E-state index contributed by atoms with van der Waals surface area (Å²) in [5.41, 5.74) is 1.59. The number of hydrogen-bond acceptors (Lipinski definition) is 2. The molecule has 0 aliphatic carbocycles. The molecular weight excluding hydrogens is 214 g/mol. The van der Waals surface area contributed by atoms with Gasteiger partial charge in [-0.15, -0.1) is 0 Å². The molecule has 0 spiro atoms. The number of anilines is 1. The Balaban J connectivity index is 2.64. The van der Waals surface area contributed by atoms with Crippen molar-refractivity contribution in [1.29, 1.82) is 0 Å². The van der Waals surface area contributed by atoms with Crippen LogP contribution in [0.5, 0.6) is 0 Å². The lowest BCUT2D eigenvalue weighted by Gasteiger charge is -2.08. The fraction of sp³-hybridized carbons (Fsp3) is 0.364. The van der Waals surface area contributed by atoms with E-state index >= 15 is 0 Å². The Labute approximate surface area is 94.1 Å². The van der Waals surface area contributed by atoms with Crippen LogP contribution in [-0.4, -0.2) is 17.6 Å². The van der Waals surface area contributed by atoms with Crippen LogP contribution >= 0.6 is 11.6 Å². The number of carbonyl (C=O) groups excluding carboxylic acids is 1. The van der Waals surface area contributed by atoms with Crippen molar-refractivity contribution >= 4 is 23.2 Å². The van der Waals surface area contributed by atoms with Crippen molar-refractivity contribution < 1.29 is 9.90 Å². The molecule has 3 nitrogen and oxygen atoms in total. The van der Waals surface area contributed by atoms with Gasteiger partial charge in [-0.05, 0) is 31.0 Å². The van der Waals surface area contributed by atoms with Gasteiger partial charge in [0, 0.05) is 23.7 Å². The van der Waals surface area contributed by atoms with E-state index in [0.29, 0.717) is 17.9 Å². The second-order valence-electron chi connectivity index (χ2n) is 3.29. The Morgan fingerprint density at radius 1 is 1.53 bits per heavy atom. The van der Waals surface area contributed by atoms with Crippen LogP contribution in [0.15, 0.2) is 18.2 Å². The smallest absolute Gasteiger partial charge is 0.224 e. The van der Waals surface area contributed by atoms with Crippen LogP contribution in [0.25, 0.3) is 0 Å². The first-order valence-electron chi connectivity index (χ1n) is 4.81. The molecule has 1 amide bonds. The van der Waals surface area contributed by atoms with Gasteiger partial charge in [-0.25, -0.2) is 0 Å². The van der Waals surface area contributed by atoms with E-state index in [1.165, 1.54) is 0 Å². The van der Waals surface area contributed by atoms with E-state index in [1.807, 2.05) is 6.92 Å². The van der Waals surface area contributed by atoms with Crippen LogP contribution < -0.4 is 5.32 Å². The van der Waals surface area contributed by atoms with Gasteiger partial charge in [0.2, 0.25) is 5.91 Å². The minimum absolute atomic E-state index is 0.0297. The molecule has 82 valence electrons. The minimum Gasteiger partial charge on any atom is -0.396 e. The van der Waals surface area contributed by atoms with Gasteiger partial charge in [-0.1, -0.05) is 17.7 Å². The highest BCUT2D eigenvalue weighted by atomic mass is 35.5. The van der Waals surface area contributed by atoms with E-state index in [-0.39, 0.29) is 12.5 Å². The van der Waals surface area contributed by atoms with Gasteiger partial charge >= 0.3 is 0 Å². The minimum atomic E-state index is -0.102. The van der Waals surface area contributed by atoms with E-state index in [1.54, 1.807) is 18.2 Å². The summed E-state index contributed by atoms with van der Waals surface area (Å²) >= 11 is 5.91. The number of hydrogen-bond donors (Lipinski definition) is 2. The predicted octanol–water partition coefficient (Wildman–Crippen LogP) is 2.36. The van der Waals surface area contributed by atoms with E-state index < -0.39 is 0 Å². The summed E-state index contributed by atoms with van der Waals surface area (Å²) in [5, 5.41) is 12.0. The first-order valence-corrected chi connectivity index (χ1v) is 5.18. The molecule has 0 atom stereocenters. The average Bonchev–Trinajstić information content (AvgIpc) is 2.22. The Kier molecular flexibility index (Phi) is 4.59. The lowest BCUT2D eigenvalue weighted by atomic mass is 10.2. The summed E-state index contributed by atoms with van der Waals surface area (Å²) in [7, 11) is 0. The van der Waals surface area contributed by atoms with Gasteiger partial charge in [0.05, 0.1) is 0 Å². The Hall–Kier alpha value is -1.06. The maximum Gasteiger partial charge on any atom is 0.224 e. The van der Waals surface area contributed by atoms with Crippen LogP contribution in [0.2, 0.25) is 5.02 Å². The van der Waals surface area contributed by atoms with Crippen LogP contribution in [0.3, 0.4) is 0 Å². The fourth-order valence-electron chi connectivity index (χ4n) is 1.20. The van der Waals surface area contributed by atoms with Crippen molar-refractivity contribution in [2.75, 3.05) is 11.9 Å². The zero-order valence-corrected chi connectivity index (χ0v) is 9.34. The number of carbonyl (C=O) groups is 1. The lowest BCUT2D eigenvalue weighted by molar-refractivity contribution is -0.116. The number of benzene rings is 1. The molecule has 2 N–H and O–H groups in total. The zero-order chi connectivity index (χ0) is 11.3. The molecular formula is C11H14ClNO2. The molecule has 0 bridgehead atoms. The normalized spacial score (nSPS) is 10.1. The van der Waals surface area contributed by atoms with Gasteiger partial charge in [-0.2, -0.15) is 0 Å². The number of nitrogens with one attached hydrogen (secondary N) is 1. The largest absolute Gasteiger partial charge is 0.396 e. The highest BCUT2D eigenvalue weighted by molar-refractivity contribution is 6.31. The molecule has 4 heteroatoms. The van der Waals surface area contributed by atoms with Gasteiger partial charge < -0.3 is 10.4 Å². The van der Waals surface area contributed by atoms with Gasteiger partial charge in [0.25, 0.3) is 0 Å². The van der Waals surface area contributed by atoms with Crippen molar-refractivity contribution in [2.24, 2.45) is 0 Å². The number of amides is 1. The van der Waals surface area contributed by atoms with Gasteiger partial charge in [-0.3, -0.25) is 4.79 Å². The van der Waals surface area contributed by atoms with Crippen LogP contribution in [-0.2, 0) is 4.79 Å². The molecule has 0 saturated carbocycles. The second-order valence-corrected chi connectivity index (χ2v) is 3.69. The van der Waals surface area contributed by atoms with Crippen LogP contribution in [0.1, 0.15) is 18.4 Å². The highest BCUT2D eigenvalue weighted by Crippen LogP contribution is 2.22. The molecule has 15 heavy (non-hydrogen) atoms.